The van der Waals surface area contributed by atoms with Crippen molar-refractivity contribution >= 4 is 22.3 Å². The zero-order chi connectivity index (χ0) is 9.35. The lowest BCUT2D eigenvalue weighted by Gasteiger charge is -1.92. The lowest BCUT2D eigenvalue weighted by atomic mass is 10.7. The first-order chi connectivity index (χ1) is 5.41. The Labute approximate surface area is 72.0 Å². The number of nitrogens with one attached hydrogen (secondary N) is 2. The van der Waals surface area contributed by atoms with Crippen molar-refractivity contribution in [3.05, 3.63) is 21.3 Å². The molecule has 0 spiro atoms. The molecule has 1 rings (SSSR count). The van der Waals surface area contributed by atoms with Crippen LogP contribution in [0, 0.1) is 4.77 Å². The van der Waals surface area contributed by atoms with Crippen molar-refractivity contribution in [2.75, 3.05) is 0 Å². The summed E-state index contributed by atoms with van der Waals surface area (Å²) < 4.78 is 29.3. The van der Waals surface area contributed by atoms with E-state index < -0.39 is 20.6 Å². The van der Waals surface area contributed by atoms with Crippen molar-refractivity contribution in [3.63, 3.8) is 0 Å². The first kappa shape index (κ1) is 9.10. The first-order valence-electron chi connectivity index (χ1n) is 2.71. The molecule has 0 saturated heterocycles. The topological polar surface area (TPSA) is 103 Å². The summed E-state index contributed by atoms with van der Waals surface area (Å²) in [5.74, 6) is 0. The fourth-order valence-corrected chi connectivity index (χ4v) is 1.23. The maximum Gasteiger partial charge on any atom is 0.301 e. The second-order valence-electron chi connectivity index (χ2n) is 1.91. The summed E-state index contributed by atoms with van der Waals surface area (Å²) >= 11 is 4.49. The lowest BCUT2D eigenvalue weighted by Crippen LogP contribution is -2.17. The van der Waals surface area contributed by atoms with Gasteiger partial charge < -0.3 is 4.98 Å². The van der Waals surface area contributed by atoms with E-state index in [0.717, 1.165) is 6.20 Å². The molecule has 0 saturated carbocycles. The Morgan fingerprint density at radius 2 is 2.08 bits per heavy atom. The Balaban J connectivity index is 3.61. The average Bonchev–Trinajstić information content (AvgIpc) is 1.83. The molecular formula is C4H4N2O4S2. The van der Waals surface area contributed by atoms with Gasteiger partial charge >= 0.3 is 10.1 Å². The van der Waals surface area contributed by atoms with Gasteiger partial charge in [-0.15, -0.1) is 0 Å². The molecule has 0 radical (unpaired) electrons. The Kier molecular flexibility index (Phi) is 2.13. The molecule has 8 heteroatoms. The zero-order valence-corrected chi connectivity index (χ0v) is 7.20. The Bertz CT molecular complexity index is 496. The second-order valence-corrected chi connectivity index (χ2v) is 3.71. The minimum absolute atomic E-state index is 0.00704. The van der Waals surface area contributed by atoms with Crippen LogP contribution in [0.25, 0.3) is 0 Å². The van der Waals surface area contributed by atoms with Crippen LogP contribution in [0.1, 0.15) is 0 Å². The summed E-state index contributed by atoms with van der Waals surface area (Å²) in [6.07, 6.45) is 0.830. The predicted molar refractivity (Wildman–Crippen MR) is 42.1 cm³/mol. The fraction of sp³-hybridized carbons (Fsp3) is 0. The van der Waals surface area contributed by atoms with Crippen LogP contribution >= 0.6 is 12.2 Å². The van der Waals surface area contributed by atoms with Gasteiger partial charge in [-0.2, -0.15) is 8.42 Å². The summed E-state index contributed by atoms with van der Waals surface area (Å²) in [6.45, 7) is 0. The van der Waals surface area contributed by atoms with E-state index in [9.17, 15) is 13.2 Å². The van der Waals surface area contributed by atoms with Gasteiger partial charge in [-0.1, -0.05) is 0 Å². The third kappa shape index (κ3) is 1.78. The van der Waals surface area contributed by atoms with Crippen LogP contribution in [-0.4, -0.2) is 22.9 Å². The summed E-state index contributed by atoms with van der Waals surface area (Å²) in [5.41, 5.74) is -0.943. The van der Waals surface area contributed by atoms with E-state index in [4.69, 9.17) is 4.55 Å². The molecular weight excluding hydrogens is 204 g/mol. The van der Waals surface area contributed by atoms with Crippen LogP contribution in [0.5, 0.6) is 0 Å². The normalized spacial score (nSPS) is 11.4. The molecule has 3 N–H and O–H groups in total. The second kappa shape index (κ2) is 2.81. The first-order valence-corrected chi connectivity index (χ1v) is 4.55. The summed E-state index contributed by atoms with van der Waals surface area (Å²) in [6, 6.07) is 0. The molecule has 6 nitrogen and oxygen atoms in total. The van der Waals surface area contributed by atoms with Crippen molar-refractivity contribution in [2.45, 2.75) is 4.90 Å². The monoisotopic (exact) mass is 208 g/mol. The third-order valence-electron chi connectivity index (χ3n) is 1.06. The minimum atomic E-state index is -4.47. The molecule has 66 valence electrons. The highest BCUT2D eigenvalue weighted by Crippen LogP contribution is 1.96. The fourth-order valence-electron chi connectivity index (χ4n) is 0.589. The smallest absolute Gasteiger partial charge is 0.301 e. The Morgan fingerprint density at radius 3 is 2.50 bits per heavy atom. The van der Waals surface area contributed by atoms with Crippen LogP contribution in [0.2, 0.25) is 0 Å². The zero-order valence-electron chi connectivity index (χ0n) is 5.57. The van der Waals surface area contributed by atoms with E-state index in [1.54, 1.807) is 0 Å². The van der Waals surface area contributed by atoms with Gasteiger partial charge in [0, 0.05) is 6.20 Å². The summed E-state index contributed by atoms with van der Waals surface area (Å²) in [5, 5.41) is 0. The molecule has 12 heavy (non-hydrogen) atoms. The average molecular weight is 208 g/mol. The van der Waals surface area contributed by atoms with Gasteiger partial charge in [0.15, 0.2) is 9.67 Å². The standard InChI is InChI=1S/C4H4N2O4S2/c7-3-2(12(8,9)10)1-5-4(11)6-3/h1H,(H,8,9,10)(H2,5,6,7,11). The van der Waals surface area contributed by atoms with Crippen LogP contribution < -0.4 is 5.56 Å². The van der Waals surface area contributed by atoms with Crippen molar-refractivity contribution in [3.8, 4) is 0 Å². The van der Waals surface area contributed by atoms with Gasteiger partial charge in [-0.25, -0.2) is 0 Å². The molecule has 0 amide bonds. The lowest BCUT2D eigenvalue weighted by molar-refractivity contribution is 0.481. The highest BCUT2D eigenvalue weighted by Gasteiger charge is 2.13. The van der Waals surface area contributed by atoms with Gasteiger partial charge in [0.1, 0.15) is 0 Å². The largest absolute Gasteiger partial charge is 0.337 e. The van der Waals surface area contributed by atoms with Crippen molar-refractivity contribution in [1.29, 1.82) is 0 Å². The number of aromatic amines is 2. The Morgan fingerprint density at radius 1 is 1.50 bits per heavy atom. The maximum absolute atomic E-state index is 10.8. The van der Waals surface area contributed by atoms with Crippen LogP contribution in [0.4, 0.5) is 0 Å². The Hall–Kier alpha value is -0.990. The molecule has 0 atom stereocenters. The molecule has 0 fully saturated rings. The molecule has 1 aromatic heterocycles. The molecule has 0 unspecified atom stereocenters. The number of rotatable bonds is 1. The minimum Gasteiger partial charge on any atom is -0.337 e. The number of hydrogen-bond acceptors (Lipinski definition) is 4. The van der Waals surface area contributed by atoms with Gasteiger partial charge in [0.05, 0.1) is 0 Å². The number of aromatic nitrogens is 2. The van der Waals surface area contributed by atoms with Crippen LogP contribution in [-0.2, 0) is 10.1 Å². The SMILES string of the molecule is O=c1[nH]c(=S)[nH]cc1S(=O)(=O)O. The predicted octanol–water partition coefficient (Wildman–Crippen LogP) is -0.321. The van der Waals surface area contributed by atoms with E-state index in [1.165, 1.54) is 0 Å². The molecule has 1 aromatic rings. The number of H-pyrrole nitrogens is 2. The van der Waals surface area contributed by atoms with Crippen molar-refractivity contribution in [1.82, 2.24) is 9.97 Å². The van der Waals surface area contributed by atoms with Crippen molar-refractivity contribution < 1.29 is 13.0 Å². The van der Waals surface area contributed by atoms with Crippen molar-refractivity contribution in [2.24, 2.45) is 0 Å². The molecule has 0 aliphatic rings. The third-order valence-corrected chi connectivity index (χ3v) is 2.14. The van der Waals surface area contributed by atoms with Gasteiger partial charge in [-0.05, 0) is 12.2 Å². The quantitative estimate of drug-likeness (QED) is 0.433. The molecule has 0 aromatic carbocycles. The van der Waals surface area contributed by atoms with E-state index in [0.29, 0.717) is 0 Å². The van der Waals surface area contributed by atoms with E-state index >= 15 is 0 Å². The summed E-state index contributed by atoms with van der Waals surface area (Å²) in [7, 11) is -4.47. The molecule has 1 heterocycles. The van der Waals surface area contributed by atoms with E-state index in [1.807, 2.05) is 4.98 Å². The number of hydrogen-bond donors (Lipinski definition) is 3. The van der Waals surface area contributed by atoms with Crippen LogP contribution in [0.15, 0.2) is 15.9 Å². The molecule has 0 aliphatic heterocycles. The van der Waals surface area contributed by atoms with E-state index in [-0.39, 0.29) is 4.77 Å². The highest BCUT2D eigenvalue weighted by molar-refractivity contribution is 7.85. The summed E-state index contributed by atoms with van der Waals surface area (Å²) in [4.78, 5) is 14.3. The van der Waals surface area contributed by atoms with Crippen LogP contribution in [0.3, 0.4) is 0 Å². The van der Waals surface area contributed by atoms with Gasteiger partial charge in [0.25, 0.3) is 5.56 Å². The molecule has 0 bridgehead atoms. The maximum atomic E-state index is 10.8. The van der Waals surface area contributed by atoms with E-state index in [2.05, 4.69) is 17.2 Å². The van der Waals surface area contributed by atoms with Gasteiger partial charge in [-0.3, -0.25) is 14.3 Å². The molecule has 0 aliphatic carbocycles. The van der Waals surface area contributed by atoms with Gasteiger partial charge in [0.2, 0.25) is 0 Å². The highest BCUT2D eigenvalue weighted by atomic mass is 32.2.